The number of benzene rings is 1. The Morgan fingerprint density at radius 3 is 3.25 bits per heavy atom. The molecule has 2 heteroatoms. The third kappa shape index (κ3) is 0.619. The molecule has 0 fully saturated rings. The average molecular weight is 157 g/mol. The van der Waals surface area contributed by atoms with E-state index in [2.05, 4.69) is 11.1 Å². The Balaban J connectivity index is 2.58. The molecule has 12 heavy (non-hydrogen) atoms. The standard InChI is InChI=1S/C10H7NO/c1-2-7-6-12-9-4-5-11-8(3-1)10(7)9/h1-5H,6H2. The van der Waals surface area contributed by atoms with Crippen LogP contribution in [-0.2, 0) is 6.61 Å². The lowest BCUT2D eigenvalue weighted by Gasteiger charge is -1.96. The van der Waals surface area contributed by atoms with Crippen molar-refractivity contribution in [3.8, 4) is 5.75 Å². The van der Waals surface area contributed by atoms with Crippen molar-refractivity contribution < 1.29 is 4.74 Å². The summed E-state index contributed by atoms with van der Waals surface area (Å²) in [5, 5.41) is 1.18. The smallest absolute Gasteiger partial charge is 0.131 e. The van der Waals surface area contributed by atoms with E-state index in [1.807, 2.05) is 18.2 Å². The van der Waals surface area contributed by atoms with Crippen molar-refractivity contribution in [2.24, 2.45) is 0 Å². The fourth-order valence-electron chi connectivity index (χ4n) is 1.64. The quantitative estimate of drug-likeness (QED) is 0.584. The van der Waals surface area contributed by atoms with Crippen LogP contribution in [0.3, 0.4) is 0 Å². The second-order valence-electron chi connectivity index (χ2n) is 2.91. The van der Waals surface area contributed by atoms with Gasteiger partial charge in [-0.2, -0.15) is 0 Å². The molecule has 0 bridgehead atoms. The Hall–Kier alpha value is -1.57. The summed E-state index contributed by atoms with van der Waals surface area (Å²) in [6.45, 7) is 0.693. The first-order valence-corrected chi connectivity index (χ1v) is 3.94. The lowest BCUT2D eigenvalue weighted by atomic mass is 10.1. The van der Waals surface area contributed by atoms with Crippen LogP contribution in [0.25, 0.3) is 10.9 Å². The highest BCUT2D eigenvalue weighted by atomic mass is 16.5. The number of nitrogens with zero attached hydrogens (tertiary/aromatic N) is 1. The van der Waals surface area contributed by atoms with Crippen molar-refractivity contribution in [1.82, 2.24) is 4.98 Å². The van der Waals surface area contributed by atoms with E-state index in [4.69, 9.17) is 4.74 Å². The lowest BCUT2D eigenvalue weighted by molar-refractivity contribution is 0.327. The first-order valence-electron chi connectivity index (χ1n) is 3.94. The van der Waals surface area contributed by atoms with Crippen LogP contribution in [0.2, 0.25) is 0 Å². The minimum absolute atomic E-state index is 0.693. The van der Waals surface area contributed by atoms with Crippen LogP contribution in [0.1, 0.15) is 5.56 Å². The van der Waals surface area contributed by atoms with Gasteiger partial charge in [-0.1, -0.05) is 12.1 Å². The first-order chi connectivity index (χ1) is 5.95. The van der Waals surface area contributed by atoms with Gasteiger partial charge < -0.3 is 4.74 Å². The minimum Gasteiger partial charge on any atom is -0.488 e. The summed E-state index contributed by atoms with van der Waals surface area (Å²) in [6, 6.07) is 8.03. The van der Waals surface area contributed by atoms with Gasteiger partial charge in [-0.25, -0.2) is 0 Å². The molecule has 2 aromatic rings. The fourth-order valence-corrected chi connectivity index (χ4v) is 1.64. The number of hydrogen-bond donors (Lipinski definition) is 0. The molecule has 1 aliphatic rings. The average Bonchev–Trinajstić information content (AvgIpc) is 2.52. The second kappa shape index (κ2) is 1.97. The molecular formula is C10H7NO. The van der Waals surface area contributed by atoms with E-state index in [1.165, 1.54) is 10.9 Å². The maximum Gasteiger partial charge on any atom is 0.131 e. The van der Waals surface area contributed by atoms with Gasteiger partial charge in [0.25, 0.3) is 0 Å². The van der Waals surface area contributed by atoms with E-state index in [1.54, 1.807) is 6.20 Å². The Morgan fingerprint density at radius 1 is 1.25 bits per heavy atom. The molecule has 0 unspecified atom stereocenters. The van der Waals surface area contributed by atoms with Crippen LogP contribution in [0.15, 0.2) is 30.5 Å². The van der Waals surface area contributed by atoms with Gasteiger partial charge in [0.05, 0.1) is 5.52 Å². The highest BCUT2D eigenvalue weighted by Gasteiger charge is 2.14. The summed E-state index contributed by atoms with van der Waals surface area (Å²) in [6.07, 6.45) is 1.78. The van der Waals surface area contributed by atoms with Gasteiger partial charge in [-0.15, -0.1) is 0 Å². The van der Waals surface area contributed by atoms with Gasteiger partial charge in [0.15, 0.2) is 0 Å². The third-order valence-corrected chi connectivity index (χ3v) is 2.20. The zero-order chi connectivity index (χ0) is 7.97. The molecule has 0 radical (unpaired) electrons. The molecule has 0 N–H and O–H groups in total. The van der Waals surface area contributed by atoms with Crippen LogP contribution in [-0.4, -0.2) is 4.98 Å². The van der Waals surface area contributed by atoms with E-state index >= 15 is 0 Å². The van der Waals surface area contributed by atoms with Crippen molar-refractivity contribution in [3.63, 3.8) is 0 Å². The highest BCUT2D eigenvalue weighted by molar-refractivity contribution is 5.89. The molecule has 3 rings (SSSR count). The lowest BCUT2D eigenvalue weighted by Crippen LogP contribution is -1.83. The number of ether oxygens (including phenoxy) is 1. The molecule has 1 aromatic heterocycles. The topological polar surface area (TPSA) is 22.1 Å². The fraction of sp³-hybridized carbons (Fsp3) is 0.100. The minimum atomic E-state index is 0.693. The SMILES string of the molecule is c1cc2c3c(ccnc3c1)OC2. The summed E-state index contributed by atoms with van der Waals surface area (Å²) < 4.78 is 5.47. The van der Waals surface area contributed by atoms with Crippen molar-refractivity contribution in [2.45, 2.75) is 6.61 Å². The normalized spacial score (nSPS) is 13.3. The number of aromatic nitrogens is 1. The van der Waals surface area contributed by atoms with E-state index in [0.717, 1.165) is 11.3 Å². The molecule has 0 saturated carbocycles. The number of hydrogen-bond acceptors (Lipinski definition) is 2. The van der Waals surface area contributed by atoms with Gasteiger partial charge in [0.1, 0.15) is 12.4 Å². The van der Waals surface area contributed by atoms with Crippen molar-refractivity contribution in [1.29, 1.82) is 0 Å². The molecule has 0 spiro atoms. The van der Waals surface area contributed by atoms with Gasteiger partial charge in [-0.05, 0) is 12.1 Å². The van der Waals surface area contributed by atoms with Crippen LogP contribution >= 0.6 is 0 Å². The van der Waals surface area contributed by atoms with Crippen molar-refractivity contribution in [3.05, 3.63) is 36.0 Å². The van der Waals surface area contributed by atoms with E-state index in [-0.39, 0.29) is 0 Å². The number of rotatable bonds is 0. The van der Waals surface area contributed by atoms with E-state index < -0.39 is 0 Å². The summed E-state index contributed by atoms with van der Waals surface area (Å²) in [5.41, 5.74) is 2.28. The second-order valence-corrected chi connectivity index (χ2v) is 2.91. The van der Waals surface area contributed by atoms with E-state index in [9.17, 15) is 0 Å². The monoisotopic (exact) mass is 157 g/mol. The zero-order valence-electron chi connectivity index (χ0n) is 6.45. The van der Waals surface area contributed by atoms with Crippen molar-refractivity contribution in [2.75, 3.05) is 0 Å². The van der Waals surface area contributed by atoms with Crippen LogP contribution in [0, 0.1) is 0 Å². The molecular weight excluding hydrogens is 150 g/mol. The van der Waals surface area contributed by atoms with Gasteiger partial charge in [0, 0.05) is 17.1 Å². The molecule has 1 aliphatic heterocycles. The Morgan fingerprint density at radius 2 is 2.25 bits per heavy atom. The Kier molecular flexibility index (Phi) is 0.987. The summed E-state index contributed by atoms with van der Waals surface area (Å²) in [4.78, 5) is 4.26. The first kappa shape index (κ1) is 6.00. The van der Waals surface area contributed by atoms with Crippen molar-refractivity contribution >= 4 is 10.9 Å². The predicted molar refractivity (Wildman–Crippen MR) is 46.1 cm³/mol. The summed E-state index contributed by atoms with van der Waals surface area (Å²) in [5.74, 6) is 0.968. The third-order valence-electron chi connectivity index (χ3n) is 2.20. The Bertz CT molecular complexity index is 412. The zero-order valence-corrected chi connectivity index (χ0v) is 6.45. The molecule has 0 saturated heterocycles. The molecule has 0 amide bonds. The molecule has 0 aliphatic carbocycles. The molecule has 0 atom stereocenters. The highest BCUT2D eigenvalue weighted by Crippen LogP contribution is 2.33. The maximum absolute atomic E-state index is 5.47. The maximum atomic E-state index is 5.47. The van der Waals surface area contributed by atoms with Gasteiger partial charge in [-0.3, -0.25) is 4.98 Å². The molecule has 2 nitrogen and oxygen atoms in total. The Labute approximate surface area is 69.8 Å². The van der Waals surface area contributed by atoms with Gasteiger partial charge >= 0.3 is 0 Å². The summed E-state index contributed by atoms with van der Waals surface area (Å²) in [7, 11) is 0. The summed E-state index contributed by atoms with van der Waals surface area (Å²) >= 11 is 0. The molecule has 1 aromatic carbocycles. The van der Waals surface area contributed by atoms with E-state index in [0.29, 0.717) is 6.61 Å². The molecule has 2 heterocycles. The largest absolute Gasteiger partial charge is 0.488 e. The molecule has 58 valence electrons. The van der Waals surface area contributed by atoms with Crippen LogP contribution < -0.4 is 4.74 Å². The van der Waals surface area contributed by atoms with Crippen LogP contribution in [0.4, 0.5) is 0 Å². The van der Waals surface area contributed by atoms with Gasteiger partial charge in [0.2, 0.25) is 0 Å². The predicted octanol–water partition coefficient (Wildman–Crippen LogP) is 2.13. The van der Waals surface area contributed by atoms with Crippen LogP contribution in [0.5, 0.6) is 5.75 Å². The number of pyridine rings is 1.